The number of para-hydroxylation sites is 1. The first-order valence-electron chi connectivity index (χ1n) is 7.51. The first kappa shape index (κ1) is 15.2. The molecule has 0 unspecified atom stereocenters. The number of benzene rings is 2. The Labute approximate surface area is 133 Å². The molecule has 0 aliphatic carbocycles. The standard InChI is InChI=1S/C18H17FN2O2/c19-14-8-6-13(7-9-14)10-17(22)20-15-11-18(23)21(12-15)16-4-2-1-3-5-16/h1-9,15H,10-12H2,(H,20,22)/t15-/m1/s1. The van der Waals surface area contributed by atoms with Crippen LogP contribution in [0.5, 0.6) is 0 Å². The van der Waals surface area contributed by atoms with E-state index in [-0.39, 0.29) is 30.1 Å². The molecule has 0 saturated carbocycles. The van der Waals surface area contributed by atoms with Crippen molar-refractivity contribution in [3.8, 4) is 0 Å². The quantitative estimate of drug-likeness (QED) is 0.942. The lowest BCUT2D eigenvalue weighted by molar-refractivity contribution is -0.121. The highest BCUT2D eigenvalue weighted by molar-refractivity contribution is 5.96. The van der Waals surface area contributed by atoms with E-state index >= 15 is 0 Å². The summed E-state index contributed by atoms with van der Waals surface area (Å²) in [4.78, 5) is 25.8. The van der Waals surface area contributed by atoms with Gasteiger partial charge in [-0.25, -0.2) is 4.39 Å². The average Bonchev–Trinajstić information content (AvgIpc) is 2.91. The van der Waals surface area contributed by atoms with Gasteiger partial charge in [0.1, 0.15) is 5.82 Å². The summed E-state index contributed by atoms with van der Waals surface area (Å²) in [5.41, 5.74) is 1.58. The van der Waals surface area contributed by atoms with Gasteiger partial charge in [0, 0.05) is 18.7 Å². The van der Waals surface area contributed by atoms with Gasteiger partial charge in [-0.15, -0.1) is 0 Å². The van der Waals surface area contributed by atoms with Crippen LogP contribution in [0.1, 0.15) is 12.0 Å². The van der Waals surface area contributed by atoms with Crippen molar-refractivity contribution < 1.29 is 14.0 Å². The van der Waals surface area contributed by atoms with Crippen molar-refractivity contribution in [1.82, 2.24) is 5.32 Å². The number of nitrogens with zero attached hydrogens (tertiary/aromatic N) is 1. The maximum Gasteiger partial charge on any atom is 0.229 e. The van der Waals surface area contributed by atoms with Gasteiger partial charge in [0.2, 0.25) is 11.8 Å². The second kappa shape index (κ2) is 6.60. The summed E-state index contributed by atoms with van der Waals surface area (Å²) >= 11 is 0. The number of nitrogens with one attached hydrogen (secondary N) is 1. The number of anilines is 1. The first-order chi connectivity index (χ1) is 11.1. The predicted molar refractivity (Wildman–Crippen MR) is 85.4 cm³/mol. The maximum atomic E-state index is 12.9. The van der Waals surface area contributed by atoms with Crippen LogP contribution in [0.25, 0.3) is 0 Å². The lowest BCUT2D eigenvalue weighted by atomic mass is 10.1. The summed E-state index contributed by atoms with van der Waals surface area (Å²) in [7, 11) is 0. The van der Waals surface area contributed by atoms with E-state index in [1.165, 1.54) is 12.1 Å². The van der Waals surface area contributed by atoms with E-state index in [2.05, 4.69) is 5.32 Å². The van der Waals surface area contributed by atoms with Crippen molar-refractivity contribution in [2.24, 2.45) is 0 Å². The van der Waals surface area contributed by atoms with Gasteiger partial charge in [-0.2, -0.15) is 0 Å². The molecule has 4 nitrogen and oxygen atoms in total. The predicted octanol–water partition coefficient (Wildman–Crippen LogP) is 2.29. The van der Waals surface area contributed by atoms with Crippen molar-refractivity contribution in [2.45, 2.75) is 18.9 Å². The van der Waals surface area contributed by atoms with E-state index in [1.807, 2.05) is 30.3 Å². The molecule has 3 rings (SSSR count). The van der Waals surface area contributed by atoms with Gasteiger partial charge in [-0.1, -0.05) is 30.3 Å². The molecule has 1 aliphatic heterocycles. The number of carbonyl (C=O) groups excluding carboxylic acids is 2. The minimum atomic E-state index is -0.325. The van der Waals surface area contributed by atoms with Gasteiger partial charge in [0.05, 0.1) is 12.5 Å². The Bertz CT molecular complexity index is 701. The minimum Gasteiger partial charge on any atom is -0.351 e. The fraction of sp³-hybridized carbons (Fsp3) is 0.222. The molecule has 23 heavy (non-hydrogen) atoms. The van der Waals surface area contributed by atoms with E-state index in [1.54, 1.807) is 17.0 Å². The number of carbonyl (C=O) groups is 2. The smallest absolute Gasteiger partial charge is 0.229 e. The summed E-state index contributed by atoms with van der Waals surface area (Å²) in [5, 5.41) is 2.88. The van der Waals surface area contributed by atoms with Gasteiger partial charge >= 0.3 is 0 Å². The van der Waals surface area contributed by atoms with Gasteiger partial charge < -0.3 is 10.2 Å². The molecule has 1 fully saturated rings. The van der Waals surface area contributed by atoms with Gasteiger partial charge in [0.15, 0.2) is 0 Å². The van der Waals surface area contributed by atoms with Crippen LogP contribution in [-0.4, -0.2) is 24.4 Å². The zero-order valence-corrected chi connectivity index (χ0v) is 12.5. The molecule has 1 saturated heterocycles. The highest BCUT2D eigenvalue weighted by atomic mass is 19.1. The molecule has 2 aromatic carbocycles. The minimum absolute atomic E-state index is 0.00304. The molecule has 0 aromatic heterocycles. The molecule has 0 radical (unpaired) electrons. The van der Waals surface area contributed by atoms with Crippen LogP contribution in [0.3, 0.4) is 0 Å². The van der Waals surface area contributed by atoms with Gasteiger partial charge in [-0.05, 0) is 29.8 Å². The zero-order chi connectivity index (χ0) is 16.2. The largest absolute Gasteiger partial charge is 0.351 e. The Kier molecular flexibility index (Phi) is 4.37. The second-order valence-corrected chi connectivity index (χ2v) is 5.61. The molecule has 5 heteroatoms. The van der Waals surface area contributed by atoms with Gasteiger partial charge in [0.25, 0.3) is 0 Å². The Morgan fingerprint density at radius 1 is 1.13 bits per heavy atom. The third kappa shape index (κ3) is 3.74. The van der Waals surface area contributed by atoms with Crippen molar-refractivity contribution in [2.75, 3.05) is 11.4 Å². The molecular formula is C18H17FN2O2. The van der Waals surface area contributed by atoms with E-state index in [4.69, 9.17) is 0 Å². The number of hydrogen-bond donors (Lipinski definition) is 1. The van der Waals surface area contributed by atoms with Crippen molar-refractivity contribution in [3.05, 3.63) is 66.0 Å². The summed E-state index contributed by atoms with van der Waals surface area (Å²) < 4.78 is 12.9. The highest BCUT2D eigenvalue weighted by Gasteiger charge is 2.31. The highest BCUT2D eigenvalue weighted by Crippen LogP contribution is 2.21. The Hall–Kier alpha value is -2.69. The number of amides is 2. The fourth-order valence-corrected chi connectivity index (χ4v) is 2.73. The Balaban J connectivity index is 1.57. The molecule has 118 valence electrons. The van der Waals surface area contributed by atoms with E-state index in [0.29, 0.717) is 13.0 Å². The molecule has 2 amide bonds. The van der Waals surface area contributed by atoms with Crippen LogP contribution >= 0.6 is 0 Å². The molecule has 2 aromatic rings. The van der Waals surface area contributed by atoms with Crippen molar-refractivity contribution in [1.29, 1.82) is 0 Å². The van der Waals surface area contributed by atoms with Crippen LogP contribution in [0.4, 0.5) is 10.1 Å². The molecule has 0 spiro atoms. The van der Waals surface area contributed by atoms with Crippen LogP contribution in [0.2, 0.25) is 0 Å². The van der Waals surface area contributed by atoms with Crippen LogP contribution < -0.4 is 10.2 Å². The van der Waals surface area contributed by atoms with Crippen LogP contribution in [-0.2, 0) is 16.0 Å². The van der Waals surface area contributed by atoms with E-state index in [0.717, 1.165) is 11.3 Å². The molecule has 1 heterocycles. The summed E-state index contributed by atoms with van der Waals surface area (Å²) in [5.74, 6) is -0.485. The second-order valence-electron chi connectivity index (χ2n) is 5.61. The Morgan fingerprint density at radius 3 is 2.52 bits per heavy atom. The molecule has 1 aliphatic rings. The molecular weight excluding hydrogens is 295 g/mol. The van der Waals surface area contributed by atoms with Crippen LogP contribution in [0.15, 0.2) is 54.6 Å². The molecule has 1 N–H and O–H groups in total. The van der Waals surface area contributed by atoms with Crippen LogP contribution in [0, 0.1) is 5.82 Å². The van der Waals surface area contributed by atoms with Crippen molar-refractivity contribution >= 4 is 17.5 Å². The topological polar surface area (TPSA) is 49.4 Å². The molecule has 0 bridgehead atoms. The Morgan fingerprint density at radius 2 is 1.83 bits per heavy atom. The normalized spacial score (nSPS) is 17.3. The maximum absolute atomic E-state index is 12.9. The van der Waals surface area contributed by atoms with E-state index < -0.39 is 0 Å². The lowest BCUT2D eigenvalue weighted by Crippen LogP contribution is -2.38. The van der Waals surface area contributed by atoms with Gasteiger partial charge in [-0.3, -0.25) is 9.59 Å². The zero-order valence-electron chi connectivity index (χ0n) is 12.5. The number of rotatable bonds is 4. The number of halogens is 1. The van der Waals surface area contributed by atoms with Crippen molar-refractivity contribution in [3.63, 3.8) is 0 Å². The summed E-state index contributed by atoms with van der Waals surface area (Å²) in [6, 6.07) is 15.0. The van der Waals surface area contributed by atoms with E-state index in [9.17, 15) is 14.0 Å². The SMILES string of the molecule is O=C(Cc1ccc(F)cc1)N[C@@H]1CC(=O)N(c2ccccc2)C1. The first-order valence-corrected chi connectivity index (χ1v) is 7.51. The third-order valence-corrected chi connectivity index (χ3v) is 3.84. The lowest BCUT2D eigenvalue weighted by Gasteiger charge is -2.17. The summed E-state index contributed by atoms with van der Waals surface area (Å²) in [6.45, 7) is 0.470. The monoisotopic (exact) mass is 312 g/mol. The average molecular weight is 312 g/mol. The number of hydrogen-bond acceptors (Lipinski definition) is 2. The third-order valence-electron chi connectivity index (χ3n) is 3.84. The summed E-state index contributed by atoms with van der Waals surface area (Å²) in [6.07, 6.45) is 0.473. The fourth-order valence-electron chi connectivity index (χ4n) is 2.73. The molecule has 1 atom stereocenters.